The molecular formula is C13H20F3N3O2S. The topological polar surface area (TPSA) is 64.0 Å². The van der Waals surface area contributed by atoms with Crippen LogP contribution in [-0.4, -0.2) is 30.0 Å². The van der Waals surface area contributed by atoms with Gasteiger partial charge in [-0.3, -0.25) is 4.68 Å². The molecule has 0 saturated carbocycles. The number of hydrogen-bond donors (Lipinski definition) is 1. The smallest absolute Gasteiger partial charge is 0.267 e. The number of nitrogens with one attached hydrogen (secondary N) is 1. The molecule has 0 aromatic carbocycles. The average molecular weight is 339 g/mol. The second-order valence-electron chi connectivity index (χ2n) is 5.69. The molecule has 0 atom stereocenters. The van der Waals surface area contributed by atoms with Crippen molar-refractivity contribution in [2.45, 2.75) is 57.5 Å². The van der Waals surface area contributed by atoms with E-state index in [1.54, 1.807) is 13.8 Å². The Kier molecular flexibility index (Phi) is 4.86. The van der Waals surface area contributed by atoms with Gasteiger partial charge in [0, 0.05) is 17.8 Å². The molecule has 1 N–H and O–H groups in total. The zero-order valence-corrected chi connectivity index (χ0v) is 13.4. The Balaban J connectivity index is 2.17. The minimum Gasteiger partial charge on any atom is -0.267 e. The monoisotopic (exact) mass is 339 g/mol. The summed E-state index contributed by atoms with van der Waals surface area (Å²) in [5.74, 6) is 0. The van der Waals surface area contributed by atoms with Gasteiger partial charge < -0.3 is 0 Å². The molecule has 0 saturated heterocycles. The van der Waals surface area contributed by atoms with E-state index in [2.05, 4.69) is 9.82 Å². The standard InChI is InChI=1S/C13H20F3N3O2S/c1-9(2)22(20,21)17-7-8-19-11-6-4-3-5-10(11)12(18-19)13(14,15)16/h9,17H,3-8H2,1-2H3. The Morgan fingerprint density at radius 3 is 2.50 bits per heavy atom. The van der Waals surface area contributed by atoms with Gasteiger partial charge in [-0.25, -0.2) is 13.1 Å². The van der Waals surface area contributed by atoms with Crippen molar-refractivity contribution in [2.24, 2.45) is 0 Å². The Hall–Kier alpha value is -1.09. The molecule has 0 aliphatic heterocycles. The van der Waals surface area contributed by atoms with E-state index in [-0.39, 0.29) is 18.7 Å². The summed E-state index contributed by atoms with van der Waals surface area (Å²) < 4.78 is 66.1. The van der Waals surface area contributed by atoms with Gasteiger partial charge >= 0.3 is 6.18 Å². The van der Waals surface area contributed by atoms with E-state index in [0.29, 0.717) is 18.5 Å². The average Bonchev–Trinajstić information content (AvgIpc) is 2.78. The largest absolute Gasteiger partial charge is 0.435 e. The Morgan fingerprint density at radius 1 is 1.27 bits per heavy atom. The summed E-state index contributed by atoms with van der Waals surface area (Å²) >= 11 is 0. The van der Waals surface area contributed by atoms with E-state index in [9.17, 15) is 21.6 Å². The van der Waals surface area contributed by atoms with E-state index in [1.165, 1.54) is 4.68 Å². The van der Waals surface area contributed by atoms with E-state index in [0.717, 1.165) is 12.8 Å². The first kappa shape index (κ1) is 17.3. The van der Waals surface area contributed by atoms with Crippen LogP contribution in [-0.2, 0) is 35.6 Å². The van der Waals surface area contributed by atoms with Crippen LogP contribution in [0.3, 0.4) is 0 Å². The van der Waals surface area contributed by atoms with Gasteiger partial charge in [-0.05, 0) is 39.5 Å². The molecule has 1 aliphatic rings. The molecule has 5 nitrogen and oxygen atoms in total. The Morgan fingerprint density at radius 2 is 1.91 bits per heavy atom. The van der Waals surface area contributed by atoms with Crippen LogP contribution in [0.15, 0.2) is 0 Å². The minimum atomic E-state index is -4.47. The lowest BCUT2D eigenvalue weighted by molar-refractivity contribution is -0.142. The normalized spacial score (nSPS) is 16.1. The predicted octanol–water partition coefficient (Wildman–Crippen LogP) is 2.11. The first-order valence-corrected chi connectivity index (χ1v) is 8.82. The van der Waals surface area contributed by atoms with Crippen molar-refractivity contribution >= 4 is 10.0 Å². The molecule has 9 heteroatoms. The van der Waals surface area contributed by atoms with Gasteiger partial charge in [-0.15, -0.1) is 0 Å². The van der Waals surface area contributed by atoms with E-state index >= 15 is 0 Å². The number of halogens is 3. The number of alkyl halides is 3. The third kappa shape index (κ3) is 3.62. The summed E-state index contributed by atoms with van der Waals surface area (Å²) in [4.78, 5) is 0. The Labute approximate surface area is 127 Å². The third-order valence-electron chi connectivity index (χ3n) is 3.77. The number of sulfonamides is 1. The highest BCUT2D eigenvalue weighted by molar-refractivity contribution is 7.90. The van der Waals surface area contributed by atoms with Crippen LogP contribution in [0.2, 0.25) is 0 Å². The highest BCUT2D eigenvalue weighted by Gasteiger charge is 2.39. The fourth-order valence-electron chi connectivity index (χ4n) is 2.54. The van der Waals surface area contributed by atoms with Crippen LogP contribution in [0.4, 0.5) is 13.2 Å². The number of nitrogens with zero attached hydrogens (tertiary/aromatic N) is 2. The molecule has 1 heterocycles. The molecular weight excluding hydrogens is 319 g/mol. The number of rotatable bonds is 5. The van der Waals surface area contributed by atoms with Crippen molar-refractivity contribution in [2.75, 3.05) is 6.54 Å². The second kappa shape index (κ2) is 6.19. The van der Waals surface area contributed by atoms with Gasteiger partial charge in [0.05, 0.1) is 11.8 Å². The van der Waals surface area contributed by atoms with Crippen molar-refractivity contribution in [1.82, 2.24) is 14.5 Å². The summed E-state index contributed by atoms with van der Waals surface area (Å²) in [6.45, 7) is 3.22. The zero-order chi connectivity index (χ0) is 16.5. The maximum Gasteiger partial charge on any atom is 0.435 e. The highest BCUT2D eigenvalue weighted by atomic mass is 32.2. The number of aromatic nitrogens is 2. The maximum absolute atomic E-state index is 13.0. The van der Waals surface area contributed by atoms with Gasteiger partial charge in [-0.2, -0.15) is 18.3 Å². The van der Waals surface area contributed by atoms with Crippen LogP contribution in [0.25, 0.3) is 0 Å². The summed E-state index contributed by atoms with van der Waals surface area (Å²) in [6, 6.07) is 0. The molecule has 0 bridgehead atoms. The first-order chi connectivity index (χ1) is 10.1. The lowest BCUT2D eigenvalue weighted by Gasteiger charge is -2.15. The number of hydrogen-bond acceptors (Lipinski definition) is 3. The van der Waals surface area contributed by atoms with Crippen molar-refractivity contribution in [1.29, 1.82) is 0 Å². The van der Waals surface area contributed by atoms with E-state index < -0.39 is 27.1 Å². The summed E-state index contributed by atoms with van der Waals surface area (Å²) in [5, 5.41) is 3.11. The summed E-state index contributed by atoms with van der Waals surface area (Å²) in [6.07, 6.45) is -1.99. The molecule has 0 fully saturated rings. The molecule has 2 rings (SSSR count). The molecule has 22 heavy (non-hydrogen) atoms. The predicted molar refractivity (Wildman–Crippen MR) is 75.9 cm³/mol. The van der Waals surface area contributed by atoms with Gasteiger partial charge in [0.2, 0.25) is 10.0 Å². The molecule has 1 aromatic rings. The van der Waals surface area contributed by atoms with Gasteiger partial charge in [0.15, 0.2) is 5.69 Å². The molecule has 126 valence electrons. The molecule has 0 amide bonds. The van der Waals surface area contributed by atoms with Gasteiger partial charge in [0.1, 0.15) is 0 Å². The minimum absolute atomic E-state index is 0.0337. The highest BCUT2D eigenvalue weighted by Crippen LogP contribution is 2.35. The fourth-order valence-corrected chi connectivity index (χ4v) is 3.25. The quantitative estimate of drug-likeness (QED) is 0.894. The van der Waals surface area contributed by atoms with Crippen molar-refractivity contribution in [3.05, 3.63) is 17.0 Å². The molecule has 0 radical (unpaired) electrons. The Bertz CT molecular complexity index is 636. The van der Waals surface area contributed by atoms with E-state index in [1.807, 2.05) is 0 Å². The van der Waals surface area contributed by atoms with Crippen LogP contribution in [0.5, 0.6) is 0 Å². The van der Waals surface area contributed by atoms with Crippen LogP contribution in [0, 0.1) is 0 Å². The molecule has 0 spiro atoms. The lowest BCUT2D eigenvalue weighted by atomic mass is 9.95. The van der Waals surface area contributed by atoms with Gasteiger partial charge in [-0.1, -0.05) is 0 Å². The molecule has 0 unspecified atom stereocenters. The van der Waals surface area contributed by atoms with Crippen molar-refractivity contribution in [3.63, 3.8) is 0 Å². The maximum atomic E-state index is 13.0. The first-order valence-electron chi connectivity index (χ1n) is 7.27. The molecule has 1 aromatic heterocycles. The summed E-state index contributed by atoms with van der Waals surface area (Å²) in [7, 11) is -3.42. The van der Waals surface area contributed by atoms with Crippen LogP contribution >= 0.6 is 0 Å². The van der Waals surface area contributed by atoms with Gasteiger partial charge in [0.25, 0.3) is 0 Å². The van der Waals surface area contributed by atoms with E-state index in [4.69, 9.17) is 0 Å². The fraction of sp³-hybridized carbons (Fsp3) is 0.769. The van der Waals surface area contributed by atoms with Crippen molar-refractivity contribution in [3.8, 4) is 0 Å². The number of fused-ring (bicyclic) bond motifs is 1. The summed E-state index contributed by atoms with van der Waals surface area (Å²) in [5.41, 5.74) is 0.0294. The van der Waals surface area contributed by atoms with Crippen molar-refractivity contribution < 1.29 is 21.6 Å². The zero-order valence-electron chi connectivity index (χ0n) is 12.6. The second-order valence-corrected chi connectivity index (χ2v) is 8.01. The van der Waals surface area contributed by atoms with Crippen LogP contribution < -0.4 is 4.72 Å². The molecule has 1 aliphatic carbocycles. The van der Waals surface area contributed by atoms with Crippen LogP contribution in [0.1, 0.15) is 43.6 Å². The lowest BCUT2D eigenvalue weighted by Crippen LogP contribution is -2.33. The SMILES string of the molecule is CC(C)S(=O)(=O)NCCn1nc(C(F)(F)F)c2c1CCCC2. The third-order valence-corrected chi connectivity index (χ3v) is 5.62.